The number of aryl methyl sites for hydroxylation is 1. The van der Waals surface area contributed by atoms with Crippen molar-refractivity contribution in [3.63, 3.8) is 0 Å². The molecule has 84 valence electrons. The normalized spacial score (nSPS) is 10.4. The first-order valence-corrected chi connectivity index (χ1v) is 6.82. The molecule has 1 N–H and O–H groups in total. The molecule has 0 saturated carbocycles. The molecule has 0 atom stereocenters. The summed E-state index contributed by atoms with van der Waals surface area (Å²) < 4.78 is 1.13. The number of anilines is 1. The summed E-state index contributed by atoms with van der Waals surface area (Å²) in [7, 11) is 0. The molecule has 0 unspecified atom stereocenters. The molecular formula is C12H13BrN2S. The number of nitrogens with zero attached hydrogens (tertiary/aromatic N) is 1. The fourth-order valence-corrected chi connectivity index (χ4v) is 2.54. The number of hydrogen-bond acceptors (Lipinski definition) is 3. The van der Waals surface area contributed by atoms with Crippen LogP contribution in [0.3, 0.4) is 0 Å². The highest BCUT2D eigenvalue weighted by atomic mass is 79.9. The van der Waals surface area contributed by atoms with E-state index in [-0.39, 0.29) is 0 Å². The van der Waals surface area contributed by atoms with E-state index in [2.05, 4.69) is 45.3 Å². The van der Waals surface area contributed by atoms with E-state index in [1.54, 1.807) is 11.3 Å². The van der Waals surface area contributed by atoms with Crippen LogP contribution in [-0.4, -0.2) is 4.98 Å². The van der Waals surface area contributed by atoms with Gasteiger partial charge in [0.05, 0.1) is 0 Å². The molecule has 0 aliphatic heterocycles. The summed E-state index contributed by atoms with van der Waals surface area (Å²) in [5, 5.41) is 4.33. The summed E-state index contributed by atoms with van der Waals surface area (Å²) in [6.45, 7) is 2.95. The van der Waals surface area contributed by atoms with Crippen molar-refractivity contribution in [2.45, 2.75) is 19.9 Å². The predicted octanol–water partition coefficient (Wildman–Crippen LogP) is 4.08. The minimum Gasteiger partial charge on any atom is -0.357 e. The summed E-state index contributed by atoms with van der Waals surface area (Å²) >= 11 is 5.25. The van der Waals surface area contributed by atoms with Crippen molar-refractivity contribution in [1.82, 2.24) is 4.98 Å². The van der Waals surface area contributed by atoms with Crippen molar-refractivity contribution in [3.8, 4) is 0 Å². The maximum atomic E-state index is 4.32. The zero-order chi connectivity index (χ0) is 11.4. The van der Waals surface area contributed by atoms with Crippen molar-refractivity contribution in [2.24, 2.45) is 0 Å². The fraction of sp³-hybridized carbons (Fsp3) is 0.250. The highest BCUT2D eigenvalue weighted by Crippen LogP contribution is 2.21. The van der Waals surface area contributed by atoms with Crippen molar-refractivity contribution in [2.75, 3.05) is 5.32 Å². The van der Waals surface area contributed by atoms with Gasteiger partial charge in [-0.1, -0.05) is 41.1 Å². The van der Waals surface area contributed by atoms with E-state index in [0.717, 1.165) is 22.6 Å². The van der Waals surface area contributed by atoms with Crippen LogP contribution in [0.25, 0.3) is 0 Å². The van der Waals surface area contributed by atoms with Crippen LogP contribution in [0.15, 0.2) is 34.9 Å². The second-order valence-electron chi connectivity index (χ2n) is 3.43. The first-order valence-electron chi connectivity index (χ1n) is 5.21. The summed E-state index contributed by atoms with van der Waals surface area (Å²) in [6.07, 6.45) is 2.99. The smallest absolute Gasteiger partial charge is 0.183 e. The van der Waals surface area contributed by atoms with Gasteiger partial charge in [0.1, 0.15) is 0 Å². The van der Waals surface area contributed by atoms with Gasteiger partial charge >= 0.3 is 0 Å². The van der Waals surface area contributed by atoms with Gasteiger partial charge in [-0.25, -0.2) is 4.98 Å². The minimum atomic E-state index is 0.804. The Morgan fingerprint density at radius 1 is 1.38 bits per heavy atom. The molecule has 0 saturated heterocycles. The first kappa shape index (κ1) is 11.6. The van der Waals surface area contributed by atoms with Gasteiger partial charge in [0.2, 0.25) is 0 Å². The largest absolute Gasteiger partial charge is 0.357 e. The molecule has 0 aliphatic carbocycles. The molecule has 0 aliphatic rings. The predicted molar refractivity (Wildman–Crippen MR) is 73.0 cm³/mol. The van der Waals surface area contributed by atoms with Crippen LogP contribution in [0.4, 0.5) is 5.13 Å². The molecule has 16 heavy (non-hydrogen) atoms. The van der Waals surface area contributed by atoms with E-state index in [1.165, 1.54) is 10.4 Å². The van der Waals surface area contributed by atoms with Crippen molar-refractivity contribution in [1.29, 1.82) is 0 Å². The molecular weight excluding hydrogens is 284 g/mol. The number of thiazole rings is 1. The van der Waals surface area contributed by atoms with Gasteiger partial charge in [0.15, 0.2) is 5.13 Å². The lowest BCUT2D eigenvalue weighted by atomic mass is 10.2. The molecule has 0 spiro atoms. The molecule has 0 radical (unpaired) electrons. The Balaban J connectivity index is 1.99. The Kier molecular flexibility index (Phi) is 3.96. The Morgan fingerprint density at radius 2 is 2.19 bits per heavy atom. The number of benzene rings is 1. The van der Waals surface area contributed by atoms with E-state index in [9.17, 15) is 0 Å². The lowest BCUT2D eigenvalue weighted by Gasteiger charge is -2.04. The maximum absolute atomic E-state index is 4.32. The highest BCUT2D eigenvalue weighted by molar-refractivity contribution is 9.10. The van der Waals surface area contributed by atoms with Gasteiger partial charge in [-0.05, 0) is 18.1 Å². The van der Waals surface area contributed by atoms with Crippen LogP contribution in [-0.2, 0) is 13.0 Å². The number of nitrogens with one attached hydrogen (secondary N) is 1. The fourth-order valence-electron chi connectivity index (χ4n) is 1.37. The van der Waals surface area contributed by atoms with Crippen LogP contribution >= 0.6 is 27.3 Å². The van der Waals surface area contributed by atoms with Crippen LogP contribution < -0.4 is 5.32 Å². The Morgan fingerprint density at radius 3 is 2.88 bits per heavy atom. The minimum absolute atomic E-state index is 0.804. The molecule has 0 fully saturated rings. The molecule has 0 amide bonds. The topological polar surface area (TPSA) is 24.9 Å². The van der Waals surface area contributed by atoms with Gasteiger partial charge in [-0.3, -0.25) is 0 Å². The lowest BCUT2D eigenvalue weighted by Crippen LogP contribution is -1.99. The number of halogens is 1. The summed E-state index contributed by atoms with van der Waals surface area (Å²) in [5.41, 5.74) is 1.25. The lowest BCUT2D eigenvalue weighted by molar-refractivity contribution is 1.12. The zero-order valence-corrected chi connectivity index (χ0v) is 11.4. The first-order chi connectivity index (χ1) is 7.79. The number of aromatic nitrogens is 1. The number of hydrogen-bond donors (Lipinski definition) is 1. The summed E-state index contributed by atoms with van der Waals surface area (Å²) in [6, 6.07) is 8.22. The van der Waals surface area contributed by atoms with E-state index in [4.69, 9.17) is 0 Å². The third-order valence-corrected chi connectivity index (χ3v) is 4.16. The van der Waals surface area contributed by atoms with Crippen LogP contribution in [0, 0.1) is 0 Å². The third-order valence-electron chi connectivity index (χ3n) is 2.29. The average molecular weight is 297 g/mol. The van der Waals surface area contributed by atoms with Gasteiger partial charge in [0, 0.05) is 22.1 Å². The van der Waals surface area contributed by atoms with Crippen LogP contribution in [0.5, 0.6) is 0 Å². The summed E-state index contributed by atoms with van der Waals surface area (Å²) in [5.74, 6) is 0. The van der Waals surface area contributed by atoms with Gasteiger partial charge in [-0.15, -0.1) is 11.3 Å². The Bertz CT molecular complexity index is 468. The van der Waals surface area contributed by atoms with E-state index in [0.29, 0.717) is 0 Å². The average Bonchev–Trinajstić information content (AvgIpc) is 2.76. The van der Waals surface area contributed by atoms with Crippen molar-refractivity contribution < 1.29 is 0 Å². The zero-order valence-electron chi connectivity index (χ0n) is 9.03. The molecule has 1 aromatic carbocycles. The molecule has 2 rings (SSSR count). The van der Waals surface area contributed by atoms with Gasteiger partial charge in [0.25, 0.3) is 0 Å². The quantitative estimate of drug-likeness (QED) is 0.919. The van der Waals surface area contributed by atoms with E-state index >= 15 is 0 Å². The third kappa shape index (κ3) is 2.83. The summed E-state index contributed by atoms with van der Waals surface area (Å²) in [4.78, 5) is 5.64. The molecule has 0 bridgehead atoms. The van der Waals surface area contributed by atoms with E-state index < -0.39 is 0 Å². The Labute approximate surface area is 108 Å². The Hall–Kier alpha value is -0.870. The van der Waals surface area contributed by atoms with Crippen LogP contribution in [0.1, 0.15) is 17.4 Å². The monoisotopic (exact) mass is 296 g/mol. The molecule has 1 heterocycles. The van der Waals surface area contributed by atoms with Crippen LogP contribution in [0.2, 0.25) is 0 Å². The second-order valence-corrected chi connectivity index (χ2v) is 5.40. The molecule has 2 nitrogen and oxygen atoms in total. The molecule has 2 aromatic rings. The molecule has 1 aromatic heterocycles. The number of rotatable bonds is 4. The second kappa shape index (κ2) is 5.46. The standard InChI is InChI=1S/C12H13BrN2S/c1-2-10-8-15-12(16-10)14-7-9-5-3-4-6-11(9)13/h3-6,8H,2,7H2,1H3,(H,14,15). The SMILES string of the molecule is CCc1cnc(NCc2ccccc2Br)s1. The van der Waals surface area contributed by atoms with Crippen molar-refractivity contribution in [3.05, 3.63) is 45.4 Å². The molecule has 4 heteroatoms. The van der Waals surface area contributed by atoms with E-state index in [1.807, 2.05) is 18.3 Å². The van der Waals surface area contributed by atoms with Gasteiger partial charge in [-0.2, -0.15) is 0 Å². The highest BCUT2D eigenvalue weighted by Gasteiger charge is 2.01. The van der Waals surface area contributed by atoms with Crippen molar-refractivity contribution >= 4 is 32.4 Å². The van der Waals surface area contributed by atoms with Gasteiger partial charge < -0.3 is 5.32 Å². The maximum Gasteiger partial charge on any atom is 0.183 e.